The second-order valence-corrected chi connectivity index (χ2v) is 10.5. The minimum absolute atomic E-state index is 0.0310. The van der Waals surface area contributed by atoms with E-state index >= 15 is 0 Å². The second kappa shape index (κ2) is 14.5. The van der Waals surface area contributed by atoms with Crippen LogP contribution in [0.1, 0.15) is 27.9 Å². The van der Waals surface area contributed by atoms with Crippen molar-refractivity contribution in [2.75, 3.05) is 11.4 Å². The van der Waals surface area contributed by atoms with Crippen LogP contribution in [0.3, 0.4) is 0 Å². The fourth-order valence-corrected chi connectivity index (χ4v) is 4.88. The number of amides is 2. The Balaban J connectivity index is 1.43. The Hall–Kier alpha value is -4.98. The lowest BCUT2D eigenvalue weighted by atomic mass is 10.0. The second-order valence-electron chi connectivity index (χ2n) is 10.1. The monoisotopic (exact) mass is 607 g/mol. The lowest BCUT2D eigenvalue weighted by Gasteiger charge is -2.25. The third-order valence-electron chi connectivity index (χ3n) is 7.06. The normalized spacial score (nSPS) is 10.7. The first-order valence-corrected chi connectivity index (χ1v) is 14.5. The van der Waals surface area contributed by atoms with Crippen LogP contribution in [0.5, 0.6) is 11.5 Å². The molecule has 0 heterocycles. The molecule has 0 aliphatic rings. The van der Waals surface area contributed by atoms with Crippen molar-refractivity contribution in [1.82, 2.24) is 5.32 Å². The molecule has 5 aromatic carbocycles. The summed E-state index contributed by atoms with van der Waals surface area (Å²) >= 11 is 6.36. The Labute approximate surface area is 260 Å². The highest BCUT2D eigenvalue weighted by molar-refractivity contribution is 6.30. The molecule has 0 aliphatic heterocycles. The Morgan fingerprint density at radius 2 is 1.55 bits per heavy atom. The van der Waals surface area contributed by atoms with Crippen LogP contribution in [0.15, 0.2) is 121 Å². The quantitative estimate of drug-likeness (QED) is 0.161. The summed E-state index contributed by atoms with van der Waals surface area (Å²) in [7, 11) is 0. The minimum atomic E-state index is -0.398. The van der Waals surface area contributed by atoms with Gasteiger partial charge in [-0.3, -0.25) is 9.59 Å². The van der Waals surface area contributed by atoms with Crippen molar-refractivity contribution in [3.63, 3.8) is 0 Å². The molecule has 0 aliphatic carbocycles. The third kappa shape index (κ3) is 7.69. The van der Waals surface area contributed by atoms with Gasteiger partial charge in [0.2, 0.25) is 5.91 Å². The van der Waals surface area contributed by atoms with Crippen molar-refractivity contribution in [1.29, 1.82) is 0 Å². The van der Waals surface area contributed by atoms with Gasteiger partial charge in [-0.15, -0.1) is 0 Å². The number of halogens is 2. The number of anilines is 1. The smallest absolute Gasteiger partial charge is 0.258 e. The number of carbonyl (C=O) groups excluding carboxylic acids is 2. The molecule has 0 atom stereocenters. The zero-order valence-corrected chi connectivity index (χ0v) is 24.6. The molecular weight excluding hydrogens is 577 g/mol. The van der Waals surface area contributed by atoms with Crippen LogP contribution in [-0.4, -0.2) is 18.4 Å². The molecule has 5 rings (SSSR count). The average molecular weight is 608 g/mol. The fourth-order valence-electron chi connectivity index (χ4n) is 4.72. The molecular formula is C36H31ClFN3O3. The first-order valence-electron chi connectivity index (χ1n) is 14.1. The zero-order chi connectivity index (χ0) is 30.9. The van der Waals surface area contributed by atoms with E-state index in [1.165, 1.54) is 11.0 Å². The highest BCUT2D eigenvalue weighted by Gasteiger charge is 2.23. The van der Waals surface area contributed by atoms with E-state index in [4.69, 9.17) is 22.1 Å². The van der Waals surface area contributed by atoms with Gasteiger partial charge in [-0.2, -0.15) is 0 Å². The van der Waals surface area contributed by atoms with Gasteiger partial charge in [-0.1, -0.05) is 84.4 Å². The van der Waals surface area contributed by atoms with E-state index in [9.17, 15) is 14.0 Å². The number of hydrogen-bond donors (Lipinski definition) is 2. The number of rotatable bonds is 11. The largest absolute Gasteiger partial charge is 0.455 e. The lowest BCUT2D eigenvalue weighted by Crippen LogP contribution is -2.35. The van der Waals surface area contributed by atoms with E-state index in [1.54, 1.807) is 54.6 Å². The molecule has 0 saturated carbocycles. The van der Waals surface area contributed by atoms with Crippen LogP contribution in [0.25, 0.3) is 11.1 Å². The van der Waals surface area contributed by atoms with Crippen LogP contribution < -0.4 is 20.7 Å². The Bertz CT molecular complexity index is 1750. The molecule has 44 heavy (non-hydrogen) atoms. The number of nitrogens with zero attached hydrogens (tertiary/aromatic N) is 1. The maximum atomic E-state index is 14.1. The van der Waals surface area contributed by atoms with Crippen molar-refractivity contribution in [3.05, 3.63) is 149 Å². The van der Waals surface area contributed by atoms with E-state index in [0.29, 0.717) is 39.9 Å². The van der Waals surface area contributed by atoms with E-state index in [2.05, 4.69) is 5.32 Å². The standard InChI is InChI=1S/C36H31ClFN3O3/c37-30-17-18-33(34(22-30)44-31-11-6-7-25(21-31)23-39)41(20-19-35(42)40-24-29-10-4-5-12-32(29)38)36(43)28-15-13-27(14-16-28)26-8-2-1-3-9-26/h1-18,21-22H,19-20,23-24,39H2,(H,40,42). The lowest BCUT2D eigenvalue weighted by molar-refractivity contribution is -0.121. The van der Waals surface area contributed by atoms with E-state index < -0.39 is 5.82 Å². The van der Waals surface area contributed by atoms with Gasteiger partial charge in [0, 0.05) is 48.3 Å². The Morgan fingerprint density at radius 3 is 2.30 bits per heavy atom. The summed E-state index contributed by atoms with van der Waals surface area (Å²) in [6.45, 7) is 0.404. The number of ether oxygens (including phenoxy) is 1. The molecule has 222 valence electrons. The van der Waals surface area contributed by atoms with E-state index in [-0.39, 0.29) is 31.3 Å². The first kappa shape index (κ1) is 30.5. The zero-order valence-electron chi connectivity index (χ0n) is 23.9. The highest BCUT2D eigenvalue weighted by atomic mass is 35.5. The molecule has 5 aromatic rings. The SMILES string of the molecule is NCc1cccc(Oc2cc(Cl)ccc2N(CCC(=O)NCc2ccccc2F)C(=O)c2ccc(-c3ccccc3)cc2)c1. The van der Waals surface area contributed by atoms with Gasteiger partial charge >= 0.3 is 0 Å². The maximum absolute atomic E-state index is 14.1. The minimum Gasteiger partial charge on any atom is -0.455 e. The summed E-state index contributed by atoms with van der Waals surface area (Å²) in [5.74, 6) is -0.191. The molecule has 8 heteroatoms. The molecule has 0 unspecified atom stereocenters. The predicted molar refractivity (Wildman–Crippen MR) is 172 cm³/mol. The van der Waals surface area contributed by atoms with Crippen molar-refractivity contribution >= 4 is 29.1 Å². The number of nitrogens with one attached hydrogen (secondary N) is 1. The van der Waals surface area contributed by atoms with Crippen LogP contribution in [0.2, 0.25) is 5.02 Å². The topological polar surface area (TPSA) is 84.7 Å². The highest BCUT2D eigenvalue weighted by Crippen LogP contribution is 2.36. The van der Waals surface area contributed by atoms with Crippen molar-refractivity contribution in [3.8, 4) is 22.6 Å². The molecule has 0 saturated heterocycles. The molecule has 0 spiro atoms. The summed E-state index contributed by atoms with van der Waals surface area (Å²) in [6.07, 6.45) is -0.0347. The molecule has 2 amide bonds. The summed E-state index contributed by atoms with van der Waals surface area (Å²) in [6, 6.07) is 35.7. The van der Waals surface area contributed by atoms with Crippen molar-refractivity contribution in [2.24, 2.45) is 5.73 Å². The van der Waals surface area contributed by atoms with E-state index in [0.717, 1.165) is 16.7 Å². The van der Waals surface area contributed by atoms with E-state index in [1.807, 2.05) is 60.7 Å². The molecule has 0 fully saturated rings. The van der Waals surface area contributed by atoms with Gasteiger partial charge in [0.05, 0.1) is 5.69 Å². The van der Waals surface area contributed by atoms with Gasteiger partial charge in [0.1, 0.15) is 11.6 Å². The van der Waals surface area contributed by atoms with Crippen LogP contribution in [-0.2, 0) is 17.9 Å². The van der Waals surface area contributed by atoms with Gasteiger partial charge < -0.3 is 20.7 Å². The number of hydrogen-bond acceptors (Lipinski definition) is 4. The number of benzene rings is 5. The molecule has 0 bridgehead atoms. The van der Waals surface area contributed by atoms with Gasteiger partial charge in [-0.05, 0) is 59.2 Å². The fraction of sp³-hybridized carbons (Fsp3) is 0.111. The van der Waals surface area contributed by atoms with Crippen molar-refractivity contribution in [2.45, 2.75) is 19.5 Å². The first-order chi connectivity index (χ1) is 21.4. The van der Waals surface area contributed by atoms with Crippen LogP contribution in [0, 0.1) is 5.82 Å². The maximum Gasteiger partial charge on any atom is 0.258 e. The summed E-state index contributed by atoms with van der Waals surface area (Å²) in [5, 5.41) is 3.16. The third-order valence-corrected chi connectivity index (χ3v) is 7.29. The summed E-state index contributed by atoms with van der Waals surface area (Å²) in [4.78, 5) is 28.4. The number of nitrogens with two attached hydrogens (primary N) is 1. The Morgan fingerprint density at radius 1 is 0.818 bits per heavy atom. The molecule has 6 nitrogen and oxygen atoms in total. The molecule has 0 radical (unpaired) electrons. The predicted octanol–water partition coefficient (Wildman–Crippen LogP) is 7.75. The average Bonchev–Trinajstić information content (AvgIpc) is 3.05. The van der Waals surface area contributed by atoms with Gasteiger partial charge in [0.25, 0.3) is 5.91 Å². The molecule has 3 N–H and O–H groups in total. The summed E-state index contributed by atoms with van der Waals surface area (Å²) < 4.78 is 20.3. The van der Waals surface area contributed by atoms with Gasteiger partial charge in [-0.25, -0.2) is 4.39 Å². The van der Waals surface area contributed by atoms with Crippen LogP contribution in [0.4, 0.5) is 10.1 Å². The van der Waals surface area contributed by atoms with Crippen LogP contribution >= 0.6 is 11.6 Å². The number of carbonyl (C=O) groups is 2. The Kier molecular flexibility index (Phi) is 10.0. The van der Waals surface area contributed by atoms with Gasteiger partial charge in [0.15, 0.2) is 5.75 Å². The van der Waals surface area contributed by atoms with Crippen molar-refractivity contribution < 1.29 is 18.7 Å². The summed E-state index contributed by atoms with van der Waals surface area (Å²) in [5.41, 5.74) is 9.94. The molecule has 0 aromatic heterocycles.